The number of aromatic amines is 1. The highest BCUT2D eigenvalue weighted by Gasteiger charge is 2.30. The third kappa shape index (κ3) is 3.63. The van der Waals surface area contributed by atoms with Gasteiger partial charge in [0.15, 0.2) is 0 Å². The second kappa shape index (κ2) is 7.47. The van der Waals surface area contributed by atoms with E-state index in [-0.39, 0.29) is 5.91 Å². The highest BCUT2D eigenvalue weighted by molar-refractivity contribution is 8.13. The van der Waals surface area contributed by atoms with Crippen molar-refractivity contribution in [3.63, 3.8) is 0 Å². The summed E-state index contributed by atoms with van der Waals surface area (Å²) in [5.41, 5.74) is 3.03. The summed E-state index contributed by atoms with van der Waals surface area (Å²) >= 11 is 1.54. The van der Waals surface area contributed by atoms with Crippen molar-refractivity contribution in [1.29, 1.82) is 0 Å². The molecule has 3 aromatic rings. The summed E-state index contributed by atoms with van der Waals surface area (Å²) in [5, 5.41) is 11.8. The van der Waals surface area contributed by atoms with Crippen molar-refractivity contribution in [2.75, 3.05) is 11.1 Å². The molecule has 0 fully saturated rings. The van der Waals surface area contributed by atoms with Crippen LogP contribution in [0.2, 0.25) is 0 Å². The van der Waals surface area contributed by atoms with Crippen LogP contribution in [-0.2, 0) is 5.54 Å². The van der Waals surface area contributed by atoms with E-state index in [9.17, 15) is 4.79 Å². The van der Waals surface area contributed by atoms with E-state index in [2.05, 4.69) is 32.6 Å². The van der Waals surface area contributed by atoms with Crippen molar-refractivity contribution < 1.29 is 4.79 Å². The minimum Gasteiger partial charge on any atom is -0.361 e. The van der Waals surface area contributed by atoms with Crippen molar-refractivity contribution in [3.8, 4) is 0 Å². The third-order valence-electron chi connectivity index (χ3n) is 4.89. The average molecular weight is 392 g/mol. The fourth-order valence-electron chi connectivity index (χ4n) is 3.26. The van der Waals surface area contributed by atoms with E-state index < -0.39 is 5.54 Å². The number of thioether (sulfide) groups is 1. The van der Waals surface area contributed by atoms with E-state index in [0.717, 1.165) is 34.3 Å². The van der Waals surface area contributed by atoms with Gasteiger partial charge in [0.05, 0.1) is 5.54 Å². The second-order valence-electron chi connectivity index (χ2n) is 6.79. The second-order valence-corrected chi connectivity index (χ2v) is 7.86. The summed E-state index contributed by atoms with van der Waals surface area (Å²) in [7, 11) is 0. The first-order valence-electron chi connectivity index (χ1n) is 8.90. The number of nitrogens with zero attached hydrogens (tertiary/aromatic N) is 3. The number of fused-ring (bicyclic) bond motifs is 1. The summed E-state index contributed by atoms with van der Waals surface area (Å²) in [6, 6.07) is 15.3. The minimum atomic E-state index is -0.400. The Bertz CT molecular complexity index is 1070. The molecule has 0 saturated carbocycles. The van der Waals surface area contributed by atoms with Crippen LogP contribution in [-0.4, -0.2) is 21.8 Å². The van der Waals surface area contributed by atoms with Gasteiger partial charge in [-0.25, -0.2) is 4.99 Å². The van der Waals surface area contributed by atoms with Crippen molar-refractivity contribution in [3.05, 3.63) is 65.9 Å². The van der Waals surface area contributed by atoms with Gasteiger partial charge in [-0.05, 0) is 55.3 Å². The smallest absolute Gasteiger partial charge is 0.255 e. The quantitative estimate of drug-likeness (QED) is 0.348. The van der Waals surface area contributed by atoms with Crippen molar-refractivity contribution >= 4 is 39.4 Å². The van der Waals surface area contributed by atoms with Crippen LogP contribution in [0.5, 0.6) is 0 Å². The number of amides is 1. The zero-order chi connectivity index (χ0) is 19.6. The molecule has 1 aromatic heterocycles. The number of hydrogen-bond donors (Lipinski definition) is 3. The lowest BCUT2D eigenvalue weighted by molar-refractivity contribution is 0.102. The number of hydrogen-bond acceptors (Lipinski definition) is 5. The molecule has 0 aliphatic carbocycles. The van der Waals surface area contributed by atoms with E-state index in [4.69, 9.17) is 5.84 Å². The first-order chi connectivity index (χ1) is 13.6. The number of anilines is 1. The van der Waals surface area contributed by atoms with E-state index in [1.165, 1.54) is 11.8 Å². The van der Waals surface area contributed by atoms with Crippen LogP contribution in [0.15, 0.2) is 70.1 Å². The number of aromatic nitrogens is 1. The van der Waals surface area contributed by atoms with E-state index in [1.807, 2.05) is 54.7 Å². The Morgan fingerprint density at radius 2 is 2.07 bits per heavy atom. The van der Waals surface area contributed by atoms with Crippen molar-refractivity contribution in [2.45, 2.75) is 18.9 Å². The molecule has 0 saturated heterocycles. The Hall–Kier alpha value is -3.13. The largest absolute Gasteiger partial charge is 0.361 e. The summed E-state index contributed by atoms with van der Waals surface area (Å²) in [6.45, 7) is 2.06. The summed E-state index contributed by atoms with van der Waals surface area (Å²) in [5.74, 6) is 5.89. The molecule has 1 atom stereocenters. The zero-order valence-electron chi connectivity index (χ0n) is 15.3. The van der Waals surface area contributed by atoms with Crippen LogP contribution >= 0.6 is 11.8 Å². The summed E-state index contributed by atoms with van der Waals surface area (Å²) in [6.07, 6.45) is 2.76. The molecular weight excluding hydrogens is 372 g/mol. The van der Waals surface area contributed by atoms with Crippen LogP contribution in [0.25, 0.3) is 10.9 Å². The molecule has 142 valence electrons. The number of nitrogens with one attached hydrogen (secondary N) is 2. The van der Waals surface area contributed by atoms with Gasteiger partial charge in [0.1, 0.15) is 0 Å². The predicted molar refractivity (Wildman–Crippen MR) is 114 cm³/mol. The van der Waals surface area contributed by atoms with Crippen LogP contribution in [0, 0.1) is 0 Å². The molecule has 1 aliphatic rings. The summed E-state index contributed by atoms with van der Waals surface area (Å²) in [4.78, 5) is 20.4. The Morgan fingerprint density at radius 1 is 1.25 bits per heavy atom. The lowest BCUT2D eigenvalue weighted by Gasteiger charge is -2.29. The molecule has 4 N–H and O–H groups in total. The monoisotopic (exact) mass is 392 g/mol. The standard InChI is InChI=1S/C20H20N6OS/c1-20(9-11-28-19(24-20)25-26-21)15-4-2-13(3-5-15)18(27)23-16-6-7-17-14(12-16)8-10-22-17/h2-8,10,12,22H,9,11H2,1H3,(H,23,27)(H2,21,24,25). The third-order valence-corrected chi connectivity index (χ3v) is 5.73. The van der Waals surface area contributed by atoms with Gasteiger partial charge in [0.2, 0.25) is 5.17 Å². The van der Waals surface area contributed by atoms with Gasteiger partial charge in [0.25, 0.3) is 5.91 Å². The predicted octanol–water partition coefficient (Wildman–Crippen LogP) is 4.45. The molecular formula is C20H20N6OS. The highest BCUT2D eigenvalue weighted by Crippen LogP contribution is 2.36. The van der Waals surface area contributed by atoms with Crippen LogP contribution in [0.3, 0.4) is 0 Å². The number of aliphatic imine (C=N–C) groups is 1. The molecule has 1 aliphatic heterocycles. The Morgan fingerprint density at radius 3 is 2.86 bits per heavy atom. The number of carbonyl (C=O) groups excluding carboxylic acids is 1. The number of nitrogens with two attached hydrogens (primary N) is 1. The molecule has 2 heterocycles. The lowest BCUT2D eigenvalue weighted by Crippen LogP contribution is -2.25. The highest BCUT2D eigenvalue weighted by atomic mass is 32.2. The van der Waals surface area contributed by atoms with Gasteiger partial charge in [-0.1, -0.05) is 29.1 Å². The zero-order valence-corrected chi connectivity index (χ0v) is 16.2. The normalized spacial score (nSPS) is 19.7. The number of amidine groups is 1. The van der Waals surface area contributed by atoms with Gasteiger partial charge < -0.3 is 16.1 Å². The topological polar surface area (TPSA) is 108 Å². The molecule has 0 radical (unpaired) electrons. The van der Waals surface area contributed by atoms with Crippen LogP contribution < -0.4 is 11.2 Å². The fraction of sp³-hybridized carbons (Fsp3) is 0.200. The van der Waals surface area contributed by atoms with Crippen molar-refractivity contribution in [2.24, 2.45) is 21.2 Å². The average Bonchev–Trinajstić information content (AvgIpc) is 3.16. The SMILES string of the molecule is CC1(c2ccc(C(=O)Nc3ccc4[nH]ccc4c3)cc2)CCSC(N=NN)=N1. The maximum atomic E-state index is 12.6. The van der Waals surface area contributed by atoms with Crippen LogP contribution in [0.1, 0.15) is 29.3 Å². The van der Waals surface area contributed by atoms with Crippen LogP contribution in [0.4, 0.5) is 5.69 Å². The molecule has 28 heavy (non-hydrogen) atoms. The maximum absolute atomic E-state index is 12.6. The first-order valence-corrected chi connectivity index (χ1v) is 9.89. The molecule has 1 unspecified atom stereocenters. The number of H-pyrrole nitrogens is 1. The molecule has 2 aromatic carbocycles. The lowest BCUT2D eigenvalue weighted by atomic mass is 9.89. The molecule has 8 heteroatoms. The van der Waals surface area contributed by atoms with Crippen molar-refractivity contribution in [1.82, 2.24) is 4.98 Å². The minimum absolute atomic E-state index is 0.146. The molecule has 0 spiro atoms. The van der Waals surface area contributed by atoms with Gasteiger partial charge in [-0.2, -0.15) is 0 Å². The number of benzene rings is 2. The molecule has 4 rings (SSSR count). The van der Waals surface area contributed by atoms with E-state index >= 15 is 0 Å². The number of rotatable bonds is 3. The van der Waals surface area contributed by atoms with Gasteiger partial charge >= 0.3 is 0 Å². The Balaban J connectivity index is 1.52. The fourth-order valence-corrected chi connectivity index (χ4v) is 4.32. The first kappa shape index (κ1) is 18.2. The van der Waals surface area contributed by atoms with Gasteiger partial charge in [0, 0.05) is 34.1 Å². The maximum Gasteiger partial charge on any atom is 0.255 e. The molecule has 0 bridgehead atoms. The van der Waals surface area contributed by atoms with E-state index in [0.29, 0.717) is 10.7 Å². The number of carbonyl (C=O) groups is 1. The Kier molecular flexibility index (Phi) is 4.87. The molecule has 1 amide bonds. The van der Waals surface area contributed by atoms with Gasteiger partial charge in [-0.3, -0.25) is 4.79 Å². The Labute approximate surface area is 166 Å². The van der Waals surface area contributed by atoms with E-state index in [1.54, 1.807) is 0 Å². The summed E-state index contributed by atoms with van der Waals surface area (Å²) < 4.78 is 0. The van der Waals surface area contributed by atoms with Gasteiger partial charge in [-0.15, -0.1) is 5.11 Å². The molecule has 7 nitrogen and oxygen atoms in total.